The Kier molecular flexibility index (Phi) is 2.87. The Morgan fingerprint density at radius 1 is 1.31 bits per heavy atom. The first-order valence-corrected chi connectivity index (χ1v) is 4.75. The van der Waals surface area contributed by atoms with E-state index in [9.17, 15) is 4.39 Å². The largest absolute Gasteiger partial charge is 0.434 e. The molecular weight excluding hydrogens is 233 g/mol. The average Bonchev–Trinajstić information content (AvgIpc) is 2.27. The van der Waals surface area contributed by atoms with Crippen LogP contribution in [0.5, 0.6) is 11.6 Å². The van der Waals surface area contributed by atoms with E-state index in [1.165, 1.54) is 18.3 Å². The van der Waals surface area contributed by atoms with Gasteiger partial charge < -0.3 is 10.5 Å². The van der Waals surface area contributed by atoms with Gasteiger partial charge in [0.25, 0.3) is 0 Å². The van der Waals surface area contributed by atoms with Crippen molar-refractivity contribution in [3.05, 3.63) is 41.3 Å². The molecule has 4 nitrogen and oxygen atoms in total. The number of ether oxygens (including phenoxy) is 1. The highest BCUT2D eigenvalue weighted by molar-refractivity contribution is 6.31. The van der Waals surface area contributed by atoms with Crippen molar-refractivity contribution in [2.45, 2.75) is 0 Å². The van der Waals surface area contributed by atoms with E-state index in [2.05, 4.69) is 9.97 Å². The van der Waals surface area contributed by atoms with Crippen molar-refractivity contribution >= 4 is 17.5 Å². The molecular formula is C10H7ClFN3O. The lowest BCUT2D eigenvalue weighted by atomic mass is 10.3. The summed E-state index contributed by atoms with van der Waals surface area (Å²) in [6.45, 7) is 0. The van der Waals surface area contributed by atoms with Crippen LogP contribution < -0.4 is 10.5 Å². The minimum Gasteiger partial charge on any atom is -0.434 e. The highest BCUT2D eigenvalue weighted by Crippen LogP contribution is 2.28. The van der Waals surface area contributed by atoms with Gasteiger partial charge in [0.15, 0.2) is 11.6 Å². The topological polar surface area (TPSA) is 61.0 Å². The van der Waals surface area contributed by atoms with E-state index in [4.69, 9.17) is 22.1 Å². The molecule has 0 radical (unpaired) electrons. The third kappa shape index (κ3) is 2.20. The van der Waals surface area contributed by atoms with Crippen molar-refractivity contribution in [3.8, 4) is 11.6 Å². The number of nitrogens with zero attached hydrogens (tertiary/aromatic N) is 2. The van der Waals surface area contributed by atoms with Crippen molar-refractivity contribution < 1.29 is 9.13 Å². The Morgan fingerprint density at radius 3 is 2.81 bits per heavy atom. The van der Waals surface area contributed by atoms with Crippen LogP contribution in [-0.2, 0) is 0 Å². The molecule has 16 heavy (non-hydrogen) atoms. The van der Waals surface area contributed by atoms with Crippen LogP contribution in [0.25, 0.3) is 0 Å². The zero-order valence-electron chi connectivity index (χ0n) is 8.02. The van der Waals surface area contributed by atoms with Crippen molar-refractivity contribution in [2.75, 3.05) is 5.73 Å². The lowest BCUT2D eigenvalue weighted by Gasteiger charge is -2.06. The summed E-state index contributed by atoms with van der Waals surface area (Å²) in [4.78, 5) is 7.42. The molecule has 0 aliphatic heterocycles. The number of hydrogen-bond donors (Lipinski definition) is 1. The maximum atomic E-state index is 13.3. The smallest absolute Gasteiger partial charge is 0.243 e. The normalized spacial score (nSPS) is 10.1. The molecule has 0 amide bonds. The predicted molar refractivity (Wildman–Crippen MR) is 57.9 cm³/mol. The Hall–Kier alpha value is -1.88. The summed E-state index contributed by atoms with van der Waals surface area (Å²) in [6.07, 6.45) is 1.29. The summed E-state index contributed by atoms with van der Waals surface area (Å²) in [6, 6.07) is 5.92. The Bertz CT molecular complexity index is 521. The lowest BCUT2D eigenvalue weighted by Crippen LogP contribution is -1.98. The fraction of sp³-hybridized carbons (Fsp3) is 0. The monoisotopic (exact) mass is 239 g/mol. The second-order valence-electron chi connectivity index (χ2n) is 2.91. The van der Waals surface area contributed by atoms with Gasteiger partial charge in [-0.15, -0.1) is 0 Å². The molecule has 0 atom stereocenters. The van der Waals surface area contributed by atoms with E-state index in [0.29, 0.717) is 0 Å². The molecule has 1 heterocycles. The molecule has 2 aromatic rings. The van der Waals surface area contributed by atoms with Gasteiger partial charge in [-0.2, -0.15) is 4.98 Å². The van der Waals surface area contributed by atoms with E-state index in [0.717, 1.165) is 0 Å². The summed E-state index contributed by atoms with van der Waals surface area (Å²) in [7, 11) is 0. The molecule has 0 saturated heterocycles. The molecule has 0 unspecified atom stereocenters. The number of nitrogens with two attached hydrogens (primary N) is 1. The molecule has 0 aliphatic rings. The molecule has 0 spiro atoms. The van der Waals surface area contributed by atoms with Gasteiger partial charge in [0, 0.05) is 0 Å². The molecule has 0 aliphatic carbocycles. The molecule has 82 valence electrons. The van der Waals surface area contributed by atoms with Gasteiger partial charge in [0.05, 0.1) is 6.20 Å². The summed E-state index contributed by atoms with van der Waals surface area (Å²) in [5.74, 6) is -0.437. The van der Waals surface area contributed by atoms with Gasteiger partial charge in [-0.1, -0.05) is 23.7 Å². The van der Waals surface area contributed by atoms with Crippen LogP contribution >= 0.6 is 11.6 Å². The molecule has 1 aromatic heterocycles. The number of aromatic nitrogens is 2. The quantitative estimate of drug-likeness (QED) is 0.875. The first-order valence-electron chi connectivity index (χ1n) is 4.37. The van der Waals surface area contributed by atoms with Crippen molar-refractivity contribution in [2.24, 2.45) is 0 Å². The molecule has 0 bridgehead atoms. The summed E-state index contributed by atoms with van der Waals surface area (Å²) < 4.78 is 18.4. The van der Waals surface area contributed by atoms with E-state index < -0.39 is 5.82 Å². The second kappa shape index (κ2) is 4.32. The Labute approximate surface area is 95.9 Å². The summed E-state index contributed by atoms with van der Waals surface area (Å²) >= 11 is 5.77. The fourth-order valence-electron chi connectivity index (χ4n) is 1.07. The number of anilines is 1. The van der Waals surface area contributed by atoms with Gasteiger partial charge >= 0.3 is 0 Å². The third-order valence-corrected chi connectivity index (χ3v) is 2.03. The van der Waals surface area contributed by atoms with E-state index in [-0.39, 0.29) is 22.6 Å². The SMILES string of the molecule is Nc1ncc(Cl)c(Oc2ccccc2F)n1. The van der Waals surface area contributed by atoms with Crippen molar-refractivity contribution in [1.29, 1.82) is 0 Å². The first-order chi connectivity index (χ1) is 7.66. The van der Waals surface area contributed by atoms with Crippen LogP contribution in [0, 0.1) is 5.82 Å². The lowest BCUT2D eigenvalue weighted by molar-refractivity contribution is 0.427. The molecule has 6 heteroatoms. The fourth-order valence-corrected chi connectivity index (χ4v) is 1.20. The zero-order valence-corrected chi connectivity index (χ0v) is 8.78. The van der Waals surface area contributed by atoms with E-state index in [1.54, 1.807) is 12.1 Å². The predicted octanol–water partition coefficient (Wildman–Crippen LogP) is 2.64. The van der Waals surface area contributed by atoms with Gasteiger partial charge in [-0.05, 0) is 12.1 Å². The number of benzene rings is 1. The number of para-hydroxylation sites is 1. The van der Waals surface area contributed by atoms with E-state index >= 15 is 0 Å². The maximum Gasteiger partial charge on any atom is 0.243 e. The molecule has 1 aromatic carbocycles. The summed E-state index contributed by atoms with van der Waals surface area (Å²) in [5, 5.41) is 0.164. The molecule has 0 fully saturated rings. The minimum atomic E-state index is -0.504. The Balaban J connectivity index is 2.34. The van der Waals surface area contributed by atoms with Crippen LogP contribution in [0.3, 0.4) is 0 Å². The van der Waals surface area contributed by atoms with Gasteiger partial charge in [-0.25, -0.2) is 9.37 Å². The van der Waals surface area contributed by atoms with Crippen LogP contribution in [0.4, 0.5) is 10.3 Å². The second-order valence-corrected chi connectivity index (χ2v) is 3.32. The average molecular weight is 240 g/mol. The third-order valence-electron chi connectivity index (χ3n) is 1.77. The maximum absolute atomic E-state index is 13.3. The highest BCUT2D eigenvalue weighted by atomic mass is 35.5. The molecule has 2 N–H and O–H groups in total. The van der Waals surface area contributed by atoms with Crippen molar-refractivity contribution in [3.63, 3.8) is 0 Å². The zero-order chi connectivity index (χ0) is 11.5. The van der Waals surface area contributed by atoms with Gasteiger partial charge in [0.1, 0.15) is 5.02 Å². The summed E-state index contributed by atoms with van der Waals surface area (Å²) in [5.41, 5.74) is 5.36. The van der Waals surface area contributed by atoms with Gasteiger partial charge in [-0.3, -0.25) is 0 Å². The minimum absolute atomic E-state index is 0.00994. The van der Waals surface area contributed by atoms with E-state index in [1.807, 2.05) is 0 Å². The standard InChI is InChI=1S/C10H7ClFN3O/c11-6-5-14-10(13)15-9(6)16-8-4-2-1-3-7(8)12/h1-5H,(H2,13,14,15). The number of hydrogen-bond acceptors (Lipinski definition) is 4. The molecule has 2 rings (SSSR count). The molecule has 0 saturated carbocycles. The van der Waals surface area contributed by atoms with Crippen molar-refractivity contribution in [1.82, 2.24) is 9.97 Å². The number of nitrogen functional groups attached to an aromatic ring is 1. The number of halogens is 2. The van der Waals surface area contributed by atoms with Crippen LogP contribution in [-0.4, -0.2) is 9.97 Å². The highest BCUT2D eigenvalue weighted by Gasteiger charge is 2.09. The Morgan fingerprint density at radius 2 is 2.06 bits per heavy atom. The first kappa shape index (κ1) is 10.6. The van der Waals surface area contributed by atoms with Gasteiger partial charge in [0.2, 0.25) is 11.8 Å². The number of rotatable bonds is 2. The van der Waals surface area contributed by atoms with Crippen LogP contribution in [0.1, 0.15) is 0 Å². The van der Waals surface area contributed by atoms with Crippen LogP contribution in [0.15, 0.2) is 30.5 Å². The van der Waals surface area contributed by atoms with Crippen LogP contribution in [0.2, 0.25) is 5.02 Å².